The second-order valence-electron chi connectivity index (χ2n) is 7.72. The molecule has 1 fully saturated rings. The van der Waals surface area contributed by atoms with Crippen LogP contribution in [0, 0.1) is 5.82 Å². The maximum atomic E-state index is 14.1. The largest absolute Gasteiger partial charge is 0.342 e. The summed E-state index contributed by atoms with van der Waals surface area (Å²) in [6.07, 6.45) is 2.12. The van der Waals surface area contributed by atoms with Gasteiger partial charge in [0.15, 0.2) is 0 Å². The molecule has 1 saturated heterocycles. The average Bonchev–Trinajstić information content (AvgIpc) is 3.42. The highest BCUT2D eigenvalue weighted by Gasteiger charge is 2.27. The molecule has 0 radical (unpaired) electrons. The van der Waals surface area contributed by atoms with Gasteiger partial charge in [0.25, 0.3) is 0 Å². The van der Waals surface area contributed by atoms with E-state index in [9.17, 15) is 9.18 Å². The number of piperidine rings is 1. The summed E-state index contributed by atoms with van der Waals surface area (Å²) < 4.78 is 16.2. The summed E-state index contributed by atoms with van der Waals surface area (Å²) in [4.78, 5) is 19.4. The topological polar surface area (TPSA) is 38.1 Å². The zero-order valence-corrected chi connectivity index (χ0v) is 17.3. The van der Waals surface area contributed by atoms with Gasteiger partial charge in [-0.15, -0.1) is 0 Å². The maximum Gasteiger partial charge on any atom is 0.227 e. The minimum Gasteiger partial charge on any atom is -0.342 e. The van der Waals surface area contributed by atoms with Gasteiger partial charge in [0, 0.05) is 24.7 Å². The van der Waals surface area contributed by atoms with Crippen LogP contribution >= 0.6 is 11.3 Å². The number of thiophene rings is 1. The number of amides is 1. The van der Waals surface area contributed by atoms with Gasteiger partial charge in [0.05, 0.1) is 17.5 Å². The number of rotatable bonds is 4. The van der Waals surface area contributed by atoms with E-state index in [-0.39, 0.29) is 17.8 Å². The van der Waals surface area contributed by atoms with E-state index in [2.05, 4.69) is 4.57 Å². The van der Waals surface area contributed by atoms with Crippen molar-refractivity contribution < 1.29 is 9.18 Å². The molecular weight excluding hydrogens is 397 g/mol. The number of benzene rings is 2. The Balaban J connectivity index is 1.42. The number of imidazole rings is 1. The van der Waals surface area contributed by atoms with Crippen LogP contribution in [-0.4, -0.2) is 33.4 Å². The fourth-order valence-corrected chi connectivity index (χ4v) is 4.95. The van der Waals surface area contributed by atoms with Gasteiger partial charge >= 0.3 is 0 Å². The summed E-state index contributed by atoms with van der Waals surface area (Å²) in [5.41, 5.74) is 3.71. The summed E-state index contributed by atoms with van der Waals surface area (Å²) in [5, 5.41) is 4.03. The summed E-state index contributed by atoms with van der Waals surface area (Å²) in [5.74, 6) is 0.780. The monoisotopic (exact) mass is 419 g/mol. The molecule has 2 aromatic carbocycles. The van der Waals surface area contributed by atoms with Crippen molar-refractivity contribution in [2.24, 2.45) is 0 Å². The lowest BCUT2D eigenvalue weighted by molar-refractivity contribution is -0.131. The number of likely N-dealkylation sites (tertiary alicyclic amines) is 1. The van der Waals surface area contributed by atoms with E-state index < -0.39 is 0 Å². The highest BCUT2D eigenvalue weighted by atomic mass is 32.1. The van der Waals surface area contributed by atoms with E-state index in [1.165, 1.54) is 6.07 Å². The molecular formula is C24H22FN3OS. The molecule has 2 aromatic heterocycles. The Morgan fingerprint density at radius 2 is 1.90 bits per heavy atom. The van der Waals surface area contributed by atoms with Gasteiger partial charge in [-0.25, -0.2) is 9.37 Å². The Morgan fingerprint density at radius 1 is 1.10 bits per heavy atom. The average molecular weight is 420 g/mol. The van der Waals surface area contributed by atoms with Gasteiger partial charge in [-0.1, -0.05) is 30.3 Å². The molecule has 1 aliphatic rings. The Morgan fingerprint density at radius 3 is 2.63 bits per heavy atom. The van der Waals surface area contributed by atoms with E-state index in [1.807, 2.05) is 52.1 Å². The molecule has 0 spiro atoms. The molecule has 1 aliphatic heterocycles. The number of hydrogen-bond acceptors (Lipinski definition) is 3. The van der Waals surface area contributed by atoms with Crippen LogP contribution in [0.1, 0.15) is 24.4 Å². The Bertz CT molecular complexity index is 1160. The number of nitrogens with zero attached hydrogens (tertiary/aromatic N) is 3. The molecule has 3 heterocycles. The normalized spacial score (nSPS) is 15.0. The van der Waals surface area contributed by atoms with Crippen LogP contribution in [0.5, 0.6) is 0 Å². The number of aromatic nitrogens is 2. The third-order valence-corrected chi connectivity index (χ3v) is 6.53. The second-order valence-corrected chi connectivity index (χ2v) is 8.50. The first kappa shape index (κ1) is 19.0. The molecule has 0 atom stereocenters. The van der Waals surface area contributed by atoms with Crippen LogP contribution < -0.4 is 0 Å². The Hall–Kier alpha value is -2.99. The van der Waals surface area contributed by atoms with Crippen LogP contribution in [0.15, 0.2) is 65.4 Å². The lowest BCUT2D eigenvalue weighted by Crippen LogP contribution is -2.39. The SMILES string of the molecule is O=C(Cc1ccsc1)N1CCC(n2c(-c3ccccc3)nc3ccc(F)cc32)CC1. The third-order valence-electron chi connectivity index (χ3n) is 5.80. The molecule has 5 rings (SSSR count). The molecule has 0 unspecified atom stereocenters. The van der Waals surface area contributed by atoms with Crippen molar-refractivity contribution in [2.45, 2.75) is 25.3 Å². The van der Waals surface area contributed by atoms with Crippen LogP contribution in [0.4, 0.5) is 4.39 Å². The molecule has 30 heavy (non-hydrogen) atoms. The van der Waals surface area contributed by atoms with Crippen molar-refractivity contribution in [3.05, 3.63) is 76.7 Å². The molecule has 4 nitrogen and oxygen atoms in total. The fraction of sp³-hybridized carbons (Fsp3) is 0.250. The minimum atomic E-state index is -0.258. The van der Waals surface area contributed by atoms with Gasteiger partial charge in [-0.2, -0.15) is 11.3 Å². The van der Waals surface area contributed by atoms with Crippen molar-refractivity contribution in [1.29, 1.82) is 0 Å². The van der Waals surface area contributed by atoms with Crippen LogP contribution in [0.25, 0.3) is 22.4 Å². The van der Waals surface area contributed by atoms with Gasteiger partial charge in [0.2, 0.25) is 5.91 Å². The Kier molecular flexibility index (Phi) is 5.09. The van der Waals surface area contributed by atoms with Crippen LogP contribution in [-0.2, 0) is 11.2 Å². The quantitative estimate of drug-likeness (QED) is 0.450. The third kappa shape index (κ3) is 3.63. The van der Waals surface area contributed by atoms with E-state index in [1.54, 1.807) is 23.5 Å². The predicted octanol–water partition coefficient (Wildman–Crippen LogP) is 5.31. The lowest BCUT2D eigenvalue weighted by atomic mass is 10.0. The van der Waals surface area contributed by atoms with E-state index >= 15 is 0 Å². The van der Waals surface area contributed by atoms with Gasteiger partial charge < -0.3 is 9.47 Å². The van der Waals surface area contributed by atoms with Crippen molar-refractivity contribution in [3.8, 4) is 11.4 Å². The maximum absolute atomic E-state index is 14.1. The van der Waals surface area contributed by atoms with Crippen molar-refractivity contribution >= 4 is 28.3 Å². The standard InChI is InChI=1S/C24H22FN3OS/c25-19-6-7-21-22(15-19)28(24(26-21)18-4-2-1-3-5-18)20-8-11-27(12-9-20)23(29)14-17-10-13-30-16-17/h1-7,10,13,15-16,20H,8-9,11-12,14H2. The fourth-order valence-electron chi connectivity index (χ4n) is 4.28. The number of carbonyl (C=O) groups is 1. The van der Waals surface area contributed by atoms with Gasteiger partial charge in [-0.05, 0) is 53.4 Å². The van der Waals surface area contributed by atoms with Crippen LogP contribution in [0.3, 0.4) is 0 Å². The van der Waals surface area contributed by atoms with Gasteiger partial charge in [-0.3, -0.25) is 4.79 Å². The summed E-state index contributed by atoms with van der Waals surface area (Å²) in [6, 6.07) is 17.0. The number of carbonyl (C=O) groups excluding carboxylic acids is 1. The van der Waals surface area contributed by atoms with Crippen molar-refractivity contribution in [1.82, 2.24) is 14.5 Å². The smallest absolute Gasteiger partial charge is 0.227 e. The highest BCUT2D eigenvalue weighted by Crippen LogP contribution is 2.33. The van der Waals surface area contributed by atoms with Gasteiger partial charge in [0.1, 0.15) is 11.6 Å². The summed E-state index contributed by atoms with van der Waals surface area (Å²) in [7, 11) is 0. The number of halogens is 1. The first-order valence-corrected chi connectivity index (χ1v) is 11.1. The molecule has 1 amide bonds. The van der Waals surface area contributed by atoms with E-state index in [0.29, 0.717) is 19.5 Å². The first-order valence-electron chi connectivity index (χ1n) is 10.2. The minimum absolute atomic E-state index is 0.177. The molecule has 0 bridgehead atoms. The second kappa shape index (κ2) is 8.03. The molecule has 6 heteroatoms. The number of hydrogen-bond donors (Lipinski definition) is 0. The molecule has 0 aliphatic carbocycles. The molecule has 0 N–H and O–H groups in total. The van der Waals surface area contributed by atoms with Crippen LogP contribution in [0.2, 0.25) is 0 Å². The molecule has 4 aromatic rings. The molecule has 0 saturated carbocycles. The zero-order valence-electron chi connectivity index (χ0n) is 16.5. The lowest BCUT2D eigenvalue weighted by Gasteiger charge is -2.33. The first-order chi connectivity index (χ1) is 14.7. The molecule has 152 valence electrons. The van der Waals surface area contributed by atoms with Crippen molar-refractivity contribution in [2.75, 3.05) is 13.1 Å². The van der Waals surface area contributed by atoms with E-state index in [4.69, 9.17) is 4.98 Å². The highest BCUT2D eigenvalue weighted by molar-refractivity contribution is 7.08. The van der Waals surface area contributed by atoms with E-state index in [0.717, 1.165) is 40.8 Å². The Labute approximate surface area is 178 Å². The van der Waals surface area contributed by atoms with Crippen molar-refractivity contribution in [3.63, 3.8) is 0 Å². The predicted molar refractivity (Wildman–Crippen MR) is 118 cm³/mol. The zero-order chi connectivity index (χ0) is 20.5. The summed E-state index contributed by atoms with van der Waals surface area (Å²) >= 11 is 1.62. The number of fused-ring (bicyclic) bond motifs is 1. The summed E-state index contributed by atoms with van der Waals surface area (Å²) in [6.45, 7) is 1.41.